The molecule has 1 fully saturated rings. The molecule has 0 spiro atoms. The molecule has 0 unspecified atom stereocenters. The van der Waals surface area contributed by atoms with Gasteiger partial charge in [0.1, 0.15) is 0 Å². The Labute approximate surface area is 190 Å². The Morgan fingerprint density at radius 1 is 0.906 bits per heavy atom. The highest BCUT2D eigenvalue weighted by atomic mass is 32.2. The first-order valence-electron chi connectivity index (χ1n) is 11.0. The van der Waals surface area contributed by atoms with Crippen molar-refractivity contribution in [2.24, 2.45) is 0 Å². The fourth-order valence-corrected chi connectivity index (χ4v) is 5.18. The zero-order chi connectivity index (χ0) is 23.1. The average molecular weight is 461 g/mol. The van der Waals surface area contributed by atoms with Gasteiger partial charge in [-0.25, -0.2) is 8.42 Å². The smallest absolute Gasteiger partial charge is 0.264 e. The number of carbonyl (C=O) groups excluding carboxylic acids is 1. The Balaban J connectivity index is 1.72. The summed E-state index contributed by atoms with van der Waals surface area (Å²) in [7, 11) is 0.616. The van der Waals surface area contributed by atoms with Crippen LogP contribution in [0.25, 0.3) is 0 Å². The van der Waals surface area contributed by atoms with Crippen LogP contribution in [0.5, 0.6) is 11.5 Å². The molecule has 0 aromatic heterocycles. The Morgan fingerprint density at radius 2 is 1.50 bits per heavy atom. The molecule has 0 atom stereocenters. The van der Waals surface area contributed by atoms with E-state index >= 15 is 0 Å². The zero-order valence-corrected chi connectivity index (χ0v) is 19.8. The van der Waals surface area contributed by atoms with E-state index < -0.39 is 10.0 Å². The maximum atomic E-state index is 13.1. The molecule has 0 heterocycles. The van der Waals surface area contributed by atoms with Crippen molar-refractivity contribution >= 4 is 21.6 Å². The van der Waals surface area contributed by atoms with Gasteiger partial charge in [0.15, 0.2) is 11.5 Å². The van der Waals surface area contributed by atoms with Crippen LogP contribution >= 0.6 is 0 Å². The van der Waals surface area contributed by atoms with E-state index in [1.165, 1.54) is 57.0 Å². The van der Waals surface area contributed by atoms with Crippen molar-refractivity contribution in [3.8, 4) is 11.5 Å². The number of anilines is 1. The second-order valence-corrected chi connectivity index (χ2v) is 10.0. The number of amides is 1. The number of methoxy groups -OCH3 is 2. The Hall–Kier alpha value is -2.74. The van der Waals surface area contributed by atoms with Crippen LogP contribution in [-0.2, 0) is 10.0 Å². The molecular weight excluding hydrogens is 428 g/mol. The summed E-state index contributed by atoms with van der Waals surface area (Å²) in [5.41, 5.74) is 0.981. The van der Waals surface area contributed by atoms with Crippen LogP contribution in [0.4, 0.5) is 5.69 Å². The Kier molecular flexibility index (Phi) is 8.01. The summed E-state index contributed by atoms with van der Waals surface area (Å²) in [6.07, 6.45) is 8.03. The van der Waals surface area contributed by atoms with Crippen LogP contribution in [-0.4, -0.2) is 41.6 Å². The van der Waals surface area contributed by atoms with Gasteiger partial charge in [-0.15, -0.1) is 0 Å². The lowest BCUT2D eigenvalue weighted by atomic mass is 9.96. The minimum atomic E-state index is -3.82. The maximum absolute atomic E-state index is 13.1. The minimum absolute atomic E-state index is 0.0868. The van der Waals surface area contributed by atoms with Gasteiger partial charge in [-0.05, 0) is 49.2 Å². The number of ether oxygens (including phenoxy) is 2. The molecule has 1 N–H and O–H groups in total. The molecule has 0 bridgehead atoms. The van der Waals surface area contributed by atoms with Crippen molar-refractivity contribution in [2.45, 2.75) is 55.9 Å². The van der Waals surface area contributed by atoms with Crippen molar-refractivity contribution < 1.29 is 22.7 Å². The summed E-state index contributed by atoms with van der Waals surface area (Å²) >= 11 is 0. The molecule has 0 aliphatic heterocycles. The van der Waals surface area contributed by atoms with Crippen LogP contribution in [0.2, 0.25) is 0 Å². The second-order valence-electron chi connectivity index (χ2n) is 8.05. The number of nitrogens with zero attached hydrogens (tertiary/aromatic N) is 1. The van der Waals surface area contributed by atoms with E-state index in [4.69, 9.17) is 9.47 Å². The third-order valence-corrected chi connectivity index (χ3v) is 7.73. The number of nitrogens with one attached hydrogen (secondary N) is 1. The van der Waals surface area contributed by atoms with Gasteiger partial charge in [-0.3, -0.25) is 9.10 Å². The summed E-state index contributed by atoms with van der Waals surface area (Å²) in [6, 6.07) is 11.3. The molecule has 1 aliphatic carbocycles. The monoisotopic (exact) mass is 460 g/mol. The molecule has 2 aromatic rings. The van der Waals surface area contributed by atoms with Crippen molar-refractivity contribution in [1.29, 1.82) is 0 Å². The van der Waals surface area contributed by atoms with Crippen LogP contribution in [0.1, 0.15) is 55.3 Å². The maximum Gasteiger partial charge on any atom is 0.264 e. The van der Waals surface area contributed by atoms with Gasteiger partial charge >= 0.3 is 0 Å². The normalized spacial score (nSPS) is 15.3. The highest BCUT2D eigenvalue weighted by molar-refractivity contribution is 7.92. The van der Waals surface area contributed by atoms with Crippen LogP contribution < -0.4 is 19.1 Å². The summed E-state index contributed by atoms with van der Waals surface area (Å²) in [4.78, 5) is 12.8. The lowest BCUT2D eigenvalue weighted by molar-refractivity contribution is 0.0930. The topological polar surface area (TPSA) is 84.9 Å². The highest BCUT2D eigenvalue weighted by Gasteiger charge is 2.23. The molecule has 1 saturated carbocycles. The van der Waals surface area contributed by atoms with Gasteiger partial charge < -0.3 is 14.8 Å². The van der Waals surface area contributed by atoms with E-state index in [-0.39, 0.29) is 16.8 Å². The number of benzene rings is 2. The van der Waals surface area contributed by atoms with Crippen molar-refractivity contribution in [1.82, 2.24) is 5.32 Å². The summed E-state index contributed by atoms with van der Waals surface area (Å²) in [5.74, 6) is 0.671. The number of hydrogen-bond acceptors (Lipinski definition) is 5. The quantitative estimate of drug-likeness (QED) is 0.663. The van der Waals surface area contributed by atoms with E-state index in [0.717, 1.165) is 25.7 Å². The molecule has 8 heteroatoms. The fraction of sp³-hybridized carbons (Fsp3) is 0.458. The molecular formula is C24H32N2O5S. The average Bonchev–Trinajstić information content (AvgIpc) is 2.79. The third-order valence-electron chi connectivity index (χ3n) is 5.95. The molecule has 0 radical (unpaired) electrons. The first kappa shape index (κ1) is 23.9. The number of rotatable bonds is 7. The largest absolute Gasteiger partial charge is 0.493 e. The first-order chi connectivity index (χ1) is 15.4. The molecule has 32 heavy (non-hydrogen) atoms. The predicted molar refractivity (Wildman–Crippen MR) is 125 cm³/mol. The summed E-state index contributed by atoms with van der Waals surface area (Å²) < 4.78 is 37.8. The van der Waals surface area contributed by atoms with Crippen LogP contribution in [0.3, 0.4) is 0 Å². The van der Waals surface area contributed by atoms with Crippen molar-refractivity contribution in [2.75, 3.05) is 25.6 Å². The molecule has 7 nitrogen and oxygen atoms in total. The molecule has 1 amide bonds. The van der Waals surface area contributed by atoms with Crippen LogP contribution in [0.15, 0.2) is 47.4 Å². The lowest BCUT2D eigenvalue weighted by Crippen LogP contribution is -2.35. The minimum Gasteiger partial charge on any atom is -0.493 e. The van der Waals surface area contributed by atoms with E-state index in [1.807, 2.05) is 0 Å². The van der Waals surface area contributed by atoms with Gasteiger partial charge in [0, 0.05) is 24.7 Å². The summed E-state index contributed by atoms with van der Waals surface area (Å²) in [6.45, 7) is 0. The number of sulfonamides is 1. The predicted octanol–water partition coefficient (Wildman–Crippen LogP) is 4.37. The highest BCUT2D eigenvalue weighted by Crippen LogP contribution is 2.31. The van der Waals surface area contributed by atoms with Crippen molar-refractivity contribution in [3.63, 3.8) is 0 Å². The SMILES string of the molecule is COc1ccc(S(=O)(=O)N(C)c2ccc(C(=O)NC3CCCCCCC3)cc2)cc1OC. The van der Waals surface area contributed by atoms with Gasteiger partial charge in [-0.2, -0.15) is 0 Å². The van der Waals surface area contributed by atoms with Crippen molar-refractivity contribution in [3.05, 3.63) is 48.0 Å². The Morgan fingerprint density at radius 3 is 2.09 bits per heavy atom. The van der Waals surface area contributed by atoms with E-state index in [9.17, 15) is 13.2 Å². The Bertz CT molecular complexity index is 1010. The molecule has 174 valence electrons. The van der Waals surface area contributed by atoms with Gasteiger partial charge in [0.05, 0.1) is 24.8 Å². The zero-order valence-electron chi connectivity index (χ0n) is 19.0. The molecule has 1 aliphatic rings. The third kappa shape index (κ3) is 5.54. The summed E-state index contributed by atoms with van der Waals surface area (Å²) in [5, 5.41) is 3.13. The van der Waals surface area contributed by atoms with Gasteiger partial charge in [0.2, 0.25) is 0 Å². The molecule has 2 aromatic carbocycles. The fourth-order valence-electron chi connectivity index (χ4n) is 3.97. The first-order valence-corrected chi connectivity index (χ1v) is 12.4. The lowest BCUT2D eigenvalue weighted by Gasteiger charge is -2.22. The van der Waals surface area contributed by atoms with Gasteiger partial charge in [0.25, 0.3) is 15.9 Å². The van der Waals surface area contributed by atoms with E-state index in [1.54, 1.807) is 30.3 Å². The van der Waals surface area contributed by atoms with E-state index in [0.29, 0.717) is 22.7 Å². The molecule has 0 saturated heterocycles. The molecule has 3 rings (SSSR count). The number of carbonyl (C=O) groups is 1. The second kappa shape index (κ2) is 10.7. The van der Waals surface area contributed by atoms with Crippen LogP contribution in [0, 0.1) is 0 Å². The standard InChI is InChI=1S/C24H32N2O5S/c1-26(32(28,29)21-15-16-22(30-2)23(17-21)31-3)20-13-11-18(12-14-20)24(27)25-19-9-7-5-4-6-8-10-19/h11-17,19H,4-10H2,1-3H3,(H,25,27). The van der Waals surface area contributed by atoms with E-state index in [2.05, 4.69) is 5.32 Å². The number of hydrogen-bond donors (Lipinski definition) is 1. The van der Waals surface area contributed by atoms with Gasteiger partial charge in [-0.1, -0.05) is 32.1 Å².